The molecule has 0 saturated carbocycles. The zero-order chi connectivity index (χ0) is 13.6. The summed E-state index contributed by atoms with van der Waals surface area (Å²) in [6.07, 6.45) is 3.56. The highest BCUT2D eigenvalue weighted by Gasteiger charge is 2.13. The summed E-state index contributed by atoms with van der Waals surface area (Å²) in [6.45, 7) is 10.2. The summed E-state index contributed by atoms with van der Waals surface area (Å²) in [5.41, 5.74) is 0.267. The normalized spacial score (nSPS) is 11.4. The molecule has 0 radical (unpaired) electrons. The van der Waals surface area contributed by atoms with Crippen LogP contribution in [0.4, 0.5) is 5.82 Å². The van der Waals surface area contributed by atoms with Gasteiger partial charge in [-0.1, -0.05) is 27.7 Å². The zero-order valence-electron chi connectivity index (χ0n) is 11.6. The first-order chi connectivity index (χ1) is 8.44. The molecule has 1 N–H and O–H groups in total. The van der Waals surface area contributed by atoms with Crippen LogP contribution in [0.5, 0.6) is 5.88 Å². The van der Waals surface area contributed by atoms with Gasteiger partial charge in [0, 0.05) is 6.54 Å². The second-order valence-electron chi connectivity index (χ2n) is 5.43. The monoisotopic (exact) mass is 315 g/mol. The van der Waals surface area contributed by atoms with Crippen molar-refractivity contribution < 1.29 is 4.74 Å². The number of halogens is 1. The Kier molecular flexibility index (Phi) is 5.85. The Morgan fingerprint density at radius 1 is 1.33 bits per heavy atom. The van der Waals surface area contributed by atoms with Gasteiger partial charge >= 0.3 is 0 Å². The van der Waals surface area contributed by atoms with E-state index in [0.717, 1.165) is 29.7 Å². The molecule has 0 spiro atoms. The Balaban J connectivity index is 2.60. The van der Waals surface area contributed by atoms with Crippen LogP contribution >= 0.6 is 15.9 Å². The van der Waals surface area contributed by atoms with E-state index in [1.165, 1.54) is 6.33 Å². The average Bonchev–Trinajstić information content (AvgIpc) is 2.28. The van der Waals surface area contributed by atoms with Crippen molar-refractivity contribution in [3.8, 4) is 5.88 Å². The van der Waals surface area contributed by atoms with Gasteiger partial charge in [-0.25, -0.2) is 9.97 Å². The molecule has 0 saturated heterocycles. The van der Waals surface area contributed by atoms with E-state index in [2.05, 4.69) is 58.9 Å². The Morgan fingerprint density at radius 2 is 2.06 bits per heavy atom. The highest BCUT2D eigenvalue weighted by atomic mass is 79.9. The fourth-order valence-corrected chi connectivity index (χ4v) is 1.73. The van der Waals surface area contributed by atoms with Crippen LogP contribution in [0, 0.1) is 5.41 Å². The quantitative estimate of drug-likeness (QED) is 0.865. The Labute approximate surface area is 118 Å². The van der Waals surface area contributed by atoms with Crippen LogP contribution < -0.4 is 10.1 Å². The lowest BCUT2D eigenvalue weighted by Crippen LogP contribution is -2.12. The van der Waals surface area contributed by atoms with Gasteiger partial charge in [0.25, 0.3) is 0 Å². The van der Waals surface area contributed by atoms with Gasteiger partial charge in [-0.2, -0.15) is 0 Å². The van der Waals surface area contributed by atoms with Crippen LogP contribution in [-0.2, 0) is 0 Å². The minimum absolute atomic E-state index is 0.267. The van der Waals surface area contributed by atoms with E-state index in [1.807, 2.05) is 0 Å². The molecule has 102 valence electrons. The second-order valence-corrected chi connectivity index (χ2v) is 6.22. The molecule has 1 aromatic rings. The van der Waals surface area contributed by atoms with Gasteiger partial charge in [-0.05, 0) is 34.2 Å². The zero-order valence-corrected chi connectivity index (χ0v) is 13.2. The molecule has 4 nitrogen and oxygen atoms in total. The first-order valence-corrected chi connectivity index (χ1v) is 7.10. The van der Waals surface area contributed by atoms with Crippen molar-refractivity contribution in [2.45, 2.75) is 40.5 Å². The molecule has 0 fully saturated rings. The first kappa shape index (κ1) is 15.2. The molecule has 0 aromatic carbocycles. The van der Waals surface area contributed by atoms with Gasteiger partial charge in [-0.15, -0.1) is 0 Å². The van der Waals surface area contributed by atoms with Crippen molar-refractivity contribution in [1.29, 1.82) is 0 Å². The lowest BCUT2D eigenvalue weighted by molar-refractivity contribution is 0.235. The molecule has 0 unspecified atom stereocenters. The number of nitrogens with zero attached hydrogens (tertiary/aromatic N) is 2. The van der Waals surface area contributed by atoms with Gasteiger partial charge in [-0.3, -0.25) is 0 Å². The molecule has 1 heterocycles. The van der Waals surface area contributed by atoms with Crippen LogP contribution in [0.15, 0.2) is 10.8 Å². The summed E-state index contributed by atoms with van der Waals surface area (Å²) in [5.74, 6) is 1.39. The van der Waals surface area contributed by atoms with Crippen LogP contribution in [0.25, 0.3) is 0 Å². The summed E-state index contributed by atoms with van der Waals surface area (Å²) in [6, 6.07) is 0. The lowest BCUT2D eigenvalue weighted by atomic mass is 9.93. The molecule has 0 aliphatic carbocycles. The van der Waals surface area contributed by atoms with E-state index in [0.29, 0.717) is 12.5 Å². The standard InChI is InChI=1S/C13H22BrN3O/c1-5-7-15-11-10(14)12(17-9-16-11)18-8-6-13(2,3)4/h9H,5-8H2,1-4H3,(H,15,16,17). The van der Waals surface area contributed by atoms with Crippen LogP contribution in [0.1, 0.15) is 40.5 Å². The summed E-state index contributed by atoms with van der Waals surface area (Å²) in [5, 5.41) is 3.23. The molecule has 0 amide bonds. The third-order valence-corrected chi connectivity index (χ3v) is 3.11. The van der Waals surface area contributed by atoms with E-state index in [9.17, 15) is 0 Å². The largest absolute Gasteiger partial charge is 0.477 e. The molecule has 0 atom stereocenters. The van der Waals surface area contributed by atoms with Gasteiger partial charge < -0.3 is 10.1 Å². The van der Waals surface area contributed by atoms with E-state index in [-0.39, 0.29) is 5.41 Å². The summed E-state index contributed by atoms with van der Waals surface area (Å²) in [7, 11) is 0. The van der Waals surface area contributed by atoms with Crippen molar-refractivity contribution >= 4 is 21.7 Å². The van der Waals surface area contributed by atoms with Gasteiger partial charge in [0.05, 0.1) is 6.61 Å². The molecule has 0 aliphatic heterocycles. The minimum atomic E-state index is 0.267. The van der Waals surface area contributed by atoms with Gasteiger partial charge in [0.2, 0.25) is 5.88 Å². The maximum atomic E-state index is 5.70. The van der Waals surface area contributed by atoms with Crippen LogP contribution in [-0.4, -0.2) is 23.1 Å². The second kappa shape index (κ2) is 6.92. The average molecular weight is 316 g/mol. The number of rotatable bonds is 6. The molecule has 5 heteroatoms. The Bertz CT molecular complexity index is 377. The number of ether oxygens (including phenoxy) is 1. The molecular formula is C13H22BrN3O. The fourth-order valence-electron chi connectivity index (χ4n) is 1.27. The number of nitrogens with one attached hydrogen (secondary N) is 1. The predicted octanol–water partition coefficient (Wildman–Crippen LogP) is 3.88. The third-order valence-electron chi connectivity index (χ3n) is 2.39. The third kappa shape index (κ3) is 5.21. The smallest absolute Gasteiger partial charge is 0.233 e. The molecule has 0 bridgehead atoms. The van der Waals surface area contributed by atoms with Crippen molar-refractivity contribution in [2.24, 2.45) is 5.41 Å². The summed E-state index contributed by atoms with van der Waals surface area (Å²) < 4.78 is 6.49. The van der Waals surface area contributed by atoms with E-state index in [4.69, 9.17) is 4.74 Å². The van der Waals surface area contributed by atoms with Gasteiger partial charge in [0.15, 0.2) is 0 Å². The molecule has 1 rings (SSSR count). The number of hydrogen-bond acceptors (Lipinski definition) is 4. The van der Waals surface area contributed by atoms with Crippen LogP contribution in [0.2, 0.25) is 0 Å². The Hall–Kier alpha value is -0.840. The topological polar surface area (TPSA) is 47.0 Å². The van der Waals surface area contributed by atoms with E-state index >= 15 is 0 Å². The lowest BCUT2D eigenvalue weighted by Gasteiger charge is -2.18. The van der Waals surface area contributed by atoms with Crippen molar-refractivity contribution in [2.75, 3.05) is 18.5 Å². The molecular weight excluding hydrogens is 294 g/mol. The van der Waals surface area contributed by atoms with Crippen molar-refractivity contribution in [3.05, 3.63) is 10.8 Å². The van der Waals surface area contributed by atoms with E-state index < -0.39 is 0 Å². The highest BCUT2D eigenvalue weighted by Crippen LogP contribution is 2.29. The van der Waals surface area contributed by atoms with Crippen LogP contribution in [0.3, 0.4) is 0 Å². The number of hydrogen-bond donors (Lipinski definition) is 1. The molecule has 1 aromatic heterocycles. The first-order valence-electron chi connectivity index (χ1n) is 6.31. The van der Waals surface area contributed by atoms with E-state index in [1.54, 1.807) is 0 Å². The summed E-state index contributed by atoms with van der Waals surface area (Å²) in [4.78, 5) is 8.33. The fraction of sp³-hybridized carbons (Fsp3) is 0.692. The highest BCUT2D eigenvalue weighted by molar-refractivity contribution is 9.10. The minimum Gasteiger partial charge on any atom is -0.477 e. The van der Waals surface area contributed by atoms with Crippen molar-refractivity contribution in [1.82, 2.24) is 9.97 Å². The van der Waals surface area contributed by atoms with Gasteiger partial charge in [0.1, 0.15) is 16.6 Å². The maximum Gasteiger partial charge on any atom is 0.233 e. The summed E-state index contributed by atoms with van der Waals surface area (Å²) >= 11 is 3.48. The SMILES string of the molecule is CCCNc1ncnc(OCCC(C)(C)C)c1Br. The molecule has 0 aliphatic rings. The number of anilines is 1. The maximum absolute atomic E-state index is 5.70. The Morgan fingerprint density at radius 3 is 2.67 bits per heavy atom. The molecule has 18 heavy (non-hydrogen) atoms. The number of aromatic nitrogens is 2. The van der Waals surface area contributed by atoms with Crippen molar-refractivity contribution in [3.63, 3.8) is 0 Å². The predicted molar refractivity (Wildman–Crippen MR) is 78.1 cm³/mol.